The van der Waals surface area contributed by atoms with E-state index in [1.54, 1.807) is 0 Å². The molecule has 1 rings (SSSR count). The average molecular weight is 293 g/mol. The molecule has 0 aromatic carbocycles. The number of aryl methyl sites for hydroxylation is 1. The van der Waals surface area contributed by atoms with Crippen LogP contribution in [0.3, 0.4) is 0 Å². The number of nitrogens with zero attached hydrogens (tertiary/aromatic N) is 1. The number of amides is 1. The zero-order valence-corrected chi connectivity index (χ0v) is 13.5. The summed E-state index contributed by atoms with van der Waals surface area (Å²) >= 11 is 1.44. The molecule has 1 aromatic heterocycles. The van der Waals surface area contributed by atoms with E-state index in [-0.39, 0.29) is 18.6 Å². The quantitative estimate of drug-likeness (QED) is 0.848. The van der Waals surface area contributed by atoms with Gasteiger partial charge in [0.05, 0.1) is 16.4 Å². The summed E-state index contributed by atoms with van der Waals surface area (Å²) in [6, 6.07) is 2.12. The van der Waals surface area contributed by atoms with Crippen LogP contribution in [0, 0.1) is 18.8 Å². The van der Waals surface area contributed by atoms with Crippen molar-refractivity contribution in [2.24, 2.45) is 0 Å². The third-order valence-electron chi connectivity index (χ3n) is 2.92. The summed E-state index contributed by atoms with van der Waals surface area (Å²) in [4.78, 5) is 16.1. The van der Waals surface area contributed by atoms with Gasteiger partial charge in [0.2, 0.25) is 0 Å². The van der Waals surface area contributed by atoms with E-state index in [2.05, 4.69) is 18.8 Å². The Kier molecular flexibility index (Phi) is 6.77. The van der Waals surface area contributed by atoms with Crippen molar-refractivity contribution in [1.29, 1.82) is 0 Å². The molecule has 0 aliphatic carbocycles. The van der Waals surface area contributed by atoms with Crippen molar-refractivity contribution in [2.75, 3.05) is 13.2 Å². The minimum absolute atomic E-state index is 0.0703. The summed E-state index contributed by atoms with van der Waals surface area (Å²) in [6.45, 7) is 8.97. The molecule has 1 N–H and O–H groups in total. The summed E-state index contributed by atoms with van der Waals surface area (Å²) in [5, 5.41) is 8.74. The first-order valence-electron chi connectivity index (χ1n) is 7.02. The van der Waals surface area contributed by atoms with E-state index >= 15 is 0 Å². The van der Waals surface area contributed by atoms with Crippen LogP contribution in [0.2, 0.25) is 0 Å². The Morgan fingerprint density at radius 1 is 1.50 bits per heavy atom. The van der Waals surface area contributed by atoms with Crippen molar-refractivity contribution < 1.29 is 9.90 Å². The summed E-state index contributed by atoms with van der Waals surface area (Å²) in [7, 11) is 0. The van der Waals surface area contributed by atoms with Gasteiger partial charge in [-0.2, -0.15) is 0 Å². The van der Waals surface area contributed by atoms with Gasteiger partial charge in [-0.25, -0.2) is 0 Å². The second-order valence-electron chi connectivity index (χ2n) is 4.99. The number of rotatable bonds is 5. The molecule has 110 valence electrons. The highest BCUT2D eigenvalue weighted by Crippen LogP contribution is 2.23. The number of hydrogen-bond acceptors (Lipinski definition) is 3. The SMILES string of the molecule is CCCN(C(=O)c1cc(C)c(C#CCCO)s1)C(C)C. The zero-order valence-electron chi connectivity index (χ0n) is 12.7. The number of carbonyl (C=O) groups is 1. The van der Waals surface area contributed by atoms with Gasteiger partial charge in [0, 0.05) is 19.0 Å². The normalized spacial score (nSPS) is 10.3. The van der Waals surface area contributed by atoms with Crippen LogP contribution in [0.1, 0.15) is 53.7 Å². The zero-order chi connectivity index (χ0) is 15.1. The molecule has 0 saturated carbocycles. The lowest BCUT2D eigenvalue weighted by Crippen LogP contribution is -2.37. The molecular weight excluding hydrogens is 270 g/mol. The predicted octanol–water partition coefficient (Wildman–Crippen LogP) is 3.05. The Morgan fingerprint density at radius 3 is 2.75 bits per heavy atom. The fourth-order valence-corrected chi connectivity index (χ4v) is 2.89. The summed E-state index contributed by atoms with van der Waals surface area (Å²) < 4.78 is 0. The first-order chi connectivity index (χ1) is 9.51. The van der Waals surface area contributed by atoms with Gasteiger partial charge in [-0.05, 0) is 38.8 Å². The van der Waals surface area contributed by atoms with Crippen molar-refractivity contribution in [3.63, 3.8) is 0 Å². The summed E-state index contributed by atoms with van der Waals surface area (Å²) in [5.41, 5.74) is 1.03. The maximum Gasteiger partial charge on any atom is 0.264 e. The smallest absolute Gasteiger partial charge is 0.264 e. The van der Waals surface area contributed by atoms with Crippen molar-refractivity contribution in [2.45, 2.75) is 46.6 Å². The number of aliphatic hydroxyl groups excluding tert-OH is 1. The lowest BCUT2D eigenvalue weighted by atomic mass is 10.2. The highest BCUT2D eigenvalue weighted by atomic mass is 32.1. The third kappa shape index (κ3) is 4.36. The monoisotopic (exact) mass is 293 g/mol. The molecule has 0 fully saturated rings. The minimum Gasteiger partial charge on any atom is -0.395 e. The fraction of sp³-hybridized carbons (Fsp3) is 0.562. The van der Waals surface area contributed by atoms with Crippen LogP contribution in [0.4, 0.5) is 0 Å². The van der Waals surface area contributed by atoms with Crippen LogP contribution in [0.25, 0.3) is 0 Å². The maximum absolute atomic E-state index is 12.5. The lowest BCUT2D eigenvalue weighted by molar-refractivity contribution is 0.0711. The Balaban J connectivity index is 2.94. The highest BCUT2D eigenvalue weighted by Gasteiger charge is 2.20. The predicted molar refractivity (Wildman–Crippen MR) is 84.1 cm³/mol. The average Bonchev–Trinajstić information content (AvgIpc) is 2.77. The van der Waals surface area contributed by atoms with Crippen LogP contribution in [-0.2, 0) is 0 Å². The molecule has 0 unspecified atom stereocenters. The van der Waals surface area contributed by atoms with E-state index in [0.29, 0.717) is 6.42 Å². The van der Waals surface area contributed by atoms with Gasteiger partial charge in [-0.3, -0.25) is 4.79 Å². The molecule has 1 aromatic rings. The van der Waals surface area contributed by atoms with Gasteiger partial charge in [-0.15, -0.1) is 11.3 Å². The molecule has 0 bridgehead atoms. The van der Waals surface area contributed by atoms with Gasteiger partial charge >= 0.3 is 0 Å². The van der Waals surface area contributed by atoms with E-state index < -0.39 is 0 Å². The van der Waals surface area contributed by atoms with E-state index in [0.717, 1.165) is 28.3 Å². The second-order valence-corrected chi connectivity index (χ2v) is 6.04. The van der Waals surface area contributed by atoms with Gasteiger partial charge in [0.1, 0.15) is 0 Å². The molecule has 20 heavy (non-hydrogen) atoms. The van der Waals surface area contributed by atoms with E-state index in [4.69, 9.17) is 5.11 Å². The van der Waals surface area contributed by atoms with Crippen molar-refractivity contribution >= 4 is 17.2 Å². The molecule has 0 aliphatic heterocycles. The van der Waals surface area contributed by atoms with Crippen LogP contribution in [-0.4, -0.2) is 35.1 Å². The standard InChI is InChI=1S/C16H23NO2S/c1-5-9-17(12(2)3)16(19)15-11-13(4)14(20-15)8-6-7-10-18/h11-12,18H,5,7,9-10H2,1-4H3. The maximum atomic E-state index is 12.5. The highest BCUT2D eigenvalue weighted by molar-refractivity contribution is 7.14. The molecule has 0 radical (unpaired) electrons. The van der Waals surface area contributed by atoms with Crippen LogP contribution in [0.15, 0.2) is 6.07 Å². The van der Waals surface area contributed by atoms with E-state index in [9.17, 15) is 4.79 Å². The van der Waals surface area contributed by atoms with Crippen LogP contribution in [0.5, 0.6) is 0 Å². The fourth-order valence-electron chi connectivity index (χ4n) is 1.89. The molecule has 4 heteroatoms. The molecular formula is C16H23NO2S. The van der Waals surface area contributed by atoms with Crippen LogP contribution < -0.4 is 0 Å². The molecule has 1 amide bonds. The Morgan fingerprint density at radius 2 is 2.20 bits per heavy atom. The van der Waals surface area contributed by atoms with Gasteiger partial charge in [-0.1, -0.05) is 18.8 Å². The number of aliphatic hydroxyl groups is 1. The number of hydrogen-bond donors (Lipinski definition) is 1. The minimum atomic E-state index is 0.0703. The molecule has 0 saturated heterocycles. The number of carbonyl (C=O) groups excluding carboxylic acids is 1. The Bertz CT molecular complexity index is 508. The number of thiophene rings is 1. The Hall–Kier alpha value is -1.31. The van der Waals surface area contributed by atoms with Crippen LogP contribution >= 0.6 is 11.3 Å². The van der Waals surface area contributed by atoms with E-state index in [1.165, 1.54) is 11.3 Å². The topological polar surface area (TPSA) is 40.5 Å². The Labute approximate surface area is 125 Å². The summed E-state index contributed by atoms with van der Waals surface area (Å²) in [5.74, 6) is 6.02. The van der Waals surface area contributed by atoms with Crippen molar-refractivity contribution in [3.8, 4) is 11.8 Å². The van der Waals surface area contributed by atoms with E-state index in [1.807, 2.05) is 31.7 Å². The summed E-state index contributed by atoms with van der Waals surface area (Å²) in [6.07, 6.45) is 1.42. The lowest BCUT2D eigenvalue weighted by Gasteiger charge is -2.25. The van der Waals surface area contributed by atoms with Gasteiger partial charge in [0.25, 0.3) is 5.91 Å². The second kappa shape index (κ2) is 8.08. The first kappa shape index (κ1) is 16.7. The molecule has 3 nitrogen and oxygen atoms in total. The van der Waals surface area contributed by atoms with Crippen molar-refractivity contribution in [3.05, 3.63) is 21.4 Å². The van der Waals surface area contributed by atoms with Gasteiger partial charge in [0.15, 0.2) is 0 Å². The largest absolute Gasteiger partial charge is 0.395 e. The van der Waals surface area contributed by atoms with Crippen molar-refractivity contribution in [1.82, 2.24) is 4.90 Å². The molecule has 0 aliphatic rings. The molecule has 0 spiro atoms. The third-order valence-corrected chi connectivity index (χ3v) is 4.06. The van der Waals surface area contributed by atoms with Gasteiger partial charge < -0.3 is 10.0 Å². The molecule has 1 heterocycles. The molecule has 0 atom stereocenters. The first-order valence-corrected chi connectivity index (χ1v) is 7.84.